The van der Waals surface area contributed by atoms with Crippen molar-refractivity contribution in [2.75, 3.05) is 6.54 Å². The molecule has 1 amide bonds. The Labute approximate surface area is 239 Å². The lowest BCUT2D eigenvalue weighted by molar-refractivity contribution is 0.0568. The van der Waals surface area contributed by atoms with Crippen LogP contribution in [0.4, 0.5) is 4.79 Å². The Kier molecular flexibility index (Phi) is 8.63. The summed E-state index contributed by atoms with van der Waals surface area (Å²) in [5.41, 5.74) is 3.23. The topological polar surface area (TPSA) is 105 Å². The van der Waals surface area contributed by atoms with Crippen LogP contribution in [0.25, 0.3) is 0 Å². The maximum Gasteiger partial charge on any atom is 0.407 e. The number of aromatic nitrogens is 1. The highest BCUT2D eigenvalue weighted by Crippen LogP contribution is 2.59. The Morgan fingerprint density at radius 2 is 2.10 bits per heavy atom. The second-order valence-electron chi connectivity index (χ2n) is 13.0. The number of allylic oxidation sites excluding steroid dienone is 3. The molecule has 4 saturated carbocycles. The minimum atomic E-state index is -0.649. The highest BCUT2D eigenvalue weighted by atomic mass is 16.6. The fourth-order valence-corrected chi connectivity index (χ4v) is 7.99. The molecule has 7 nitrogen and oxygen atoms in total. The van der Waals surface area contributed by atoms with Gasteiger partial charge in [-0.3, -0.25) is 0 Å². The Morgan fingerprint density at radius 1 is 1.30 bits per heavy atom. The third-order valence-electron chi connectivity index (χ3n) is 10.5. The van der Waals surface area contributed by atoms with E-state index in [9.17, 15) is 15.0 Å². The molecule has 0 saturated heterocycles. The van der Waals surface area contributed by atoms with Crippen LogP contribution in [0.15, 0.2) is 46.1 Å². The average molecular weight is 553 g/mol. The van der Waals surface area contributed by atoms with Gasteiger partial charge in [-0.05, 0) is 113 Å². The third-order valence-corrected chi connectivity index (χ3v) is 10.5. The average Bonchev–Trinajstić information content (AvgIpc) is 3.48. The molecular weight excluding hydrogens is 504 g/mol. The summed E-state index contributed by atoms with van der Waals surface area (Å²) >= 11 is 0. The van der Waals surface area contributed by atoms with E-state index < -0.39 is 12.2 Å². The van der Waals surface area contributed by atoms with Gasteiger partial charge in [-0.25, -0.2) is 9.78 Å². The molecule has 6 atom stereocenters. The van der Waals surface area contributed by atoms with Crippen LogP contribution in [0.5, 0.6) is 0 Å². The van der Waals surface area contributed by atoms with Crippen molar-refractivity contribution in [2.24, 2.45) is 17.3 Å². The lowest BCUT2D eigenvalue weighted by Gasteiger charge is -2.42. The maximum atomic E-state index is 12.5. The van der Waals surface area contributed by atoms with Gasteiger partial charge in [0.25, 0.3) is 0 Å². The number of hydrogen-bond acceptors (Lipinski definition) is 6. The van der Waals surface area contributed by atoms with Crippen LogP contribution in [0, 0.1) is 24.2 Å². The van der Waals surface area contributed by atoms with Gasteiger partial charge < -0.3 is 24.7 Å². The molecule has 4 aliphatic carbocycles. The van der Waals surface area contributed by atoms with E-state index in [-0.39, 0.29) is 23.0 Å². The Balaban J connectivity index is 1.24. The molecule has 0 aliphatic heterocycles. The van der Waals surface area contributed by atoms with Crippen molar-refractivity contribution in [1.29, 1.82) is 0 Å². The lowest BCUT2D eigenvalue weighted by atomic mass is 9.62. The van der Waals surface area contributed by atoms with Crippen molar-refractivity contribution < 1.29 is 24.2 Å². The smallest absolute Gasteiger partial charge is 0.407 e. The number of nitrogens with one attached hydrogen (secondary N) is 1. The van der Waals surface area contributed by atoms with Crippen LogP contribution >= 0.6 is 0 Å². The number of oxazole rings is 1. The first kappa shape index (κ1) is 29.1. The van der Waals surface area contributed by atoms with E-state index in [1.54, 1.807) is 6.20 Å². The van der Waals surface area contributed by atoms with Crippen LogP contribution in [0.1, 0.15) is 103 Å². The largest absolute Gasteiger partial charge is 0.445 e. The van der Waals surface area contributed by atoms with Crippen LogP contribution < -0.4 is 5.32 Å². The van der Waals surface area contributed by atoms with Crippen molar-refractivity contribution >= 4 is 6.09 Å². The summed E-state index contributed by atoms with van der Waals surface area (Å²) in [7, 11) is 0. The number of alkyl carbamates (subject to hydrolysis) is 1. The Morgan fingerprint density at radius 3 is 2.80 bits per heavy atom. The number of fused-ring (bicyclic) bond motifs is 1. The Hall–Kier alpha value is -2.38. The highest BCUT2D eigenvalue weighted by Gasteiger charge is 2.56. The lowest BCUT2D eigenvalue weighted by Crippen LogP contribution is -2.37. The molecule has 1 aromatic rings. The number of aryl methyl sites for hydroxylation is 1. The fraction of sp³-hybridized carbons (Fsp3) is 0.697. The van der Waals surface area contributed by atoms with Crippen molar-refractivity contribution in [3.05, 3.63) is 53.3 Å². The van der Waals surface area contributed by atoms with E-state index in [1.807, 2.05) is 13.8 Å². The second kappa shape index (κ2) is 11.8. The summed E-state index contributed by atoms with van der Waals surface area (Å²) in [6.45, 7) is 10.9. The maximum absolute atomic E-state index is 12.5. The second-order valence-corrected chi connectivity index (χ2v) is 13.0. The van der Waals surface area contributed by atoms with E-state index >= 15 is 0 Å². The molecule has 1 aromatic heterocycles. The van der Waals surface area contributed by atoms with E-state index in [1.165, 1.54) is 31.3 Å². The number of nitrogens with zero attached hydrogens (tertiary/aromatic N) is 1. The number of aliphatic hydroxyl groups excluding tert-OH is 2. The minimum absolute atomic E-state index is 0.232. The number of carbonyl (C=O) groups is 1. The van der Waals surface area contributed by atoms with Gasteiger partial charge in [0.15, 0.2) is 0 Å². The molecule has 4 unspecified atom stereocenters. The molecule has 4 fully saturated rings. The SMILES string of the molecule is C=C1/C(=C\C=C2/CCCC3(C)C(CCCC(OC(=O)NCC)C4(c5ncc(C)o5)CC4)CCC23)C[C@@H](O)C[C@@H]1O. The molecule has 0 bridgehead atoms. The normalized spacial score (nSPS) is 34.1. The Bertz CT molecular complexity index is 1150. The molecule has 5 rings (SSSR count). The molecular formula is C33H48N2O5. The van der Waals surface area contributed by atoms with Crippen LogP contribution in [0.2, 0.25) is 0 Å². The molecule has 0 radical (unpaired) electrons. The van der Waals surface area contributed by atoms with Crippen molar-refractivity contribution in [3.8, 4) is 0 Å². The van der Waals surface area contributed by atoms with Crippen molar-refractivity contribution in [1.82, 2.24) is 10.3 Å². The fourth-order valence-electron chi connectivity index (χ4n) is 7.99. The number of amides is 1. The van der Waals surface area contributed by atoms with Crippen LogP contribution in [-0.4, -0.2) is 46.1 Å². The van der Waals surface area contributed by atoms with E-state index in [0.29, 0.717) is 37.1 Å². The summed E-state index contributed by atoms with van der Waals surface area (Å²) < 4.78 is 11.9. The van der Waals surface area contributed by atoms with Gasteiger partial charge in [0.2, 0.25) is 5.89 Å². The number of carbonyl (C=O) groups excluding carboxylic acids is 1. The quantitative estimate of drug-likeness (QED) is 0.326. The summed E-state index contributed by atoms with van der Waals surface area (Å²) in [4.78, 5) is 17.0. The molecule has 7 heteroatoms. The van der Waals surface area contributed by atoms with Gasteiger partial charge in [0.1, 0.15) is 11.9 Å². The predicted octanol–water partition coefficient (Wildman–Crippen LogP) is 6.44. The van der Waals surface area contributed by atoms with Gasteiger partial charge >= 0.3 is 6.09 Å². The van der Waals surface area contributed by atoms with Crippen LogP contribution in [0.3, 0.4) is 0 Å². The van der Waals surface area contributed by atoms with E-state index in [0.717, 1.165) is 55.4 Å². The van der Waals surface area contributed by atoms with Crippen molar-refractivity contribution in [3.63, 3.8) is 0 Å². The molecule has 0 spiro atoms. The zero-order valence-corrected chi connectivity index (χ0v) is 24.6. The summed E-state index contributed by atoms with van der Waals surface area (Å²) in [5.74, 6) is 2.72. The van der Waals surface area contributed by atoms with Gasteiger partial charge in [0, 0.05) is 13.0 Å². The first-order valence-corrected chi connectivity index (χ1v) is 15.5. The number of ether oxygens (including phenoxy) is 1. The van der Waals surface area contributed by atoms with E-state index in [4.69, 9.17) is 9.15 Å². The number of hydrogen-bond donors (Lipinski definition) is 3. The standard InChI is InChI=1S/C33H48N2O5/c1-5-34-31(38)40-29(33(16-17-33)30-35-20-21(2)39-30)10-6-9-25-13-14-27-23(8-7-15-32(25,27)4)11-12-24-18-26(36)19-28(37)22(24)3/h11-12,20,25-29,36-37H,3,5-10,13-19H2,1-2,4H3,(H,34,38)/b23-11+,24-12-/t25?,26-,27?,28+,29?,32?/m1/s1. The van der Waals surface area contributed by atoms with Gasteiger partial charge in [-0.1, -0.05) is 31.2 Å². The number of rotatable bonds is 9. The summed E-state index contributed by atoms with van der Waals surface area (Å²) in [5, 5.41) is 23.2. The third kappa shape index (κ3) is 5.82. The van der Waals surface area contributed by atoms with Gasteiger partial charge in [-0.2, -0.15) is 0 Å². The molecule has 4 aliphatic rings. The molecule has 220 valence electrons. The van der Waals surface area contributed by atoms with Crippen LogP contribution in [-0.2, 0) is 10.2 Å². The molecule has 1 heterocycles. The number of aliphatic hydroxyl groups is 2. The summed E-state index contributed by atoms with van der Waals surface area (Å²) in [6, 6.07) is 0. The van der Waals surface area contributed by atoms with E-state index in [2.05, 4.69) is 36.0 Å². The first-order chi connectivity index (χ1) is 19.2. The van der Waals surface area contributed by atoms with Crippen molar-refractivity contribution in [2.45, 2.75) is 122 Å². The molecule has 40 heavy (non-hydrogen) atoms. The molecule has 3 N–H and O–H groups in total. The monoisotopic (exact) mass is 552 g/mol. The predicted molar refractivity (Wildman–Crippen MR) is 155 cm³/mol. The minimum Gasteiger partial charge on any atom is -0.445 e. The zero-order valence-electron chi connectivity index (χ0n) is 24.6. The highest BCUT2D eigenvalue weighted by molar-refractivity contribution is 5.67. The zero-order chi connectivity index (χ0) is 28.5. The first-order valence-electron chi connectivity index (χ1n) is 15.5. The summed E-state index contributed by atoms with van der Waals surface area (Å²) in [6.07, 6.45) is 16.2. The van der Waals surface area contributed by atoms with Gasteiger partial charge in [0.05, 0.1) is 23.8 Å². The molecule has 0 aromatic carbocycles. The van der Waals surface area contributed by atoms with Gasteiger partial charge in [-0.15, -0.1) is 0 Å².